The lowest BCUT2D eigenvalue weighted by Gasteiger charge is -2.13. The number of amides is 3. The van der Waals surface area contributed by atoms with Crippen molar-refractivity contribution in [1.82, 2.24) is 28.9 Å². The summed E-state index contributed by atoms with van der Waals surface area (Å²) in [5.74, 6) is -0.841. The summed E-state index contributed by atoms with van der Waals surface area (Å²) >= 11 is 0.859. The average Bonchev–Trinajstić information content (AvgIpc) is 3.33. The molecule has 0 radical (unpaired) electrons. The van der Waals surface area contributed by atoms with Gasteiger partial charge in [-0.2, -0.15) is 0 Å². The van der Waals surface area contributed by atoms with E-state index in [1.165, 1.54) is 29.6 Å². The number of nitrogens with zero attached hydrogens (tertiary/aromatic N) is 5. The molecule has 12 heteroatoms. The smallest absolute Gasteiger partial charge is 0.332 e. The highest BCUT2D eigenvalue weighted by Gasteiger charge is 2.34. The molecule has 0 aliphatic carbocycles. The topological polar surface area (TPSA) is 128 Å². The highest BCUT2D eigenvalue weighted by atomic mass is 32.2. The zero-order valence-corrected chi connectivity index (χ0v) is 19.6. The van der Waals surface area contributed by atoms with E-state index in [0.717, 1.165) is 32.4 Å². The number of nitrogens with one attached hydrogen (secondary N) is 1. The van der Waals surface area contributed by atoms with Crippen LogP contribution in [0.4, 0.5) is 4.79 Å². The average molecular weight is 483 g/mol. The molecule has 1 fully saturated rings. The van der Waals surface area contributed by atoms with E-state index in [1.807, 2.05) is 31.2 Å². The first kappa shape index (κ1) is 23.2. The highest BCUT2D eigenvalue weighted by Crippen LogP contribution is 2.31. The number of benzene rings is 1. The van der Waals surface area contributed by atoms with Crippen LogP contribution in [0.25, 0.3) is 17.2 Å². The third-order valence-corrected chi connectivity index (χ3v) is 6.34. The molecule has 1 N–H and O–H groups in total. The van der Waals surface area contributed by atoms with Crippen LogP contribution in [0.1, 0.15) is 11.1 Å². The number of hydrogen-bond donors (Lipinski definition) is 1. The van der Waals surface area contributed by atoms with Crippen molar-refractivity contribution in [2.75, 3.05) is 13.1 Å². The van der Waals surface area contributed by atoms with Crippen LogP contribution in [-0.4, -0.2) is 53.7 Å². The van der Waals surface area contributed by atoms with Gasteiger partial charge >= 0.3 is 5.69 Å². The van der Waals surface area contributed by atoms with E-state index in [-0.39, 0.29) is 30.8 Å². The number of carbonyl (C=O) groups is 3. The van der Waals surface area contributed by atoms with E-state index in [0.29, 0.717) is 4.91 Å². The van der Waals surface area contributed by atoms with E-state index in [4.69, 9.17) is 0 Å². The lowest BCUT2D eigenvalue weighted by atomic mass is 10.1. The maximum Gasteiger partial charge on any atom is 0.332 e. The summed E-state index contributed by atoms with van der Waals surface area (Å²) in [4.78, 5) is 67.3. The van der Waals surface area contributed by atoms with Gasteiger partial charge in [-0.1, -0.05) is 29.8 Å². The maximum absolute atomic E-state index is 12.6. The van der Waals surface area contributed by atoms with Crippen LogP contribution in [0.3, 0.4) is 0 Å². The Morgan fingerprint density at radius 3 is 2.50 bits per heavy atom. The second-order valence-corrected chi connectivity index (χ2v) is 8.84. The molecule has 3 heterocycles. The number of aryl methyl sites for hydroxylation is 2. The first-order valence-corrected chi connectivity index (χ1v) is 11.2. The molecule has 3 amide bonds. The minimum Gasteiger partial charge on any atom is -0.353 e. The van der Waals surface area contributed by atoms with Crippen LogP contribution < -0.4 is 16.6 Å². The molecule has 34 heavy (non-hydrogen) atoms. The Hall–Kier alpha value is -3.93. The summed E-state index contributed by atoms with van der Waals surface area (Å²) in [7, 11) is 2.84. The van der Waals surface area contributed by atoms with Crippen molar-refractivity contribution in [3.8, 4) is 0 Å². The molecule has 176 valence electrons. The quantitative estimate of drug-likeness (QED) is 0.510. The molecule has 1 aromatic carbocycles. The maximum atomic E-state index is 12.6. The van der Waals surface area contributed by atoms with Crippen molar-refractivity contribution in [1.29, 1.82) is 0 Å². The Morgan fingerprint density at radius 2 is 1.79 bits per heavy atom. The number of imide groups is 1. The molecule has 3 aromatic rings. The fourth-order valence-electron chi connectivity index (χ4n) is 3.54. The largest absolute Gasteiger partial charge is 0.353 e. The molecule has 11 nitrogen and oxygen atoms in total. The summed E-state index contributed by atoms with van der Waals surface area (Å²) in [6, 6.07) is 7.58. The van der Waals surface area contributed by atoms with Gasteiger partial charge in [-0.05, 0) is 30.3 Å². The van der Waals surface area contributed by atoms with E-state index in [9.17, 15) is 24.0 Å². The van der Waals surface area contributed by atoms with Crippen LogP contribution in [0.2, 0.25) is 0 Å². The second-order valence-electron chi connectivity index (χ2n) is 7.84. The number of rotatable bonds is 6. The number of imidazole rings is 1. The zero-order chi connectivity index (χ0) is 24.6. The number of aromatic nitrogens is 4. The minimum absolute atomic E-state index is 0.0165. The molecule has 1 aliphatic heterocycles. The van der Waals surface area contributed by atoms with Crippen molar-refractivity contribution in [3.05, 3.63) is 67.5 Å². The number of carbonyl (C=O) groups excluding carboxylic acids is 3. The van der Waals surface area contributed by atoms with Crippen LogP contribution in [0, 0.1) is 6.92 Å². The molecule has 0 unspecified atom stereocenters. The Balaban J connectivity index is 1.39. The van der Waals surface area contributed by atoms with Gasteiger partial charge in [-0.15, -0.1) is 0 Å². The SMILES string of the molecule is Cc1ccc(C=C2SC(=O)N(CCNC(=O)Cn3cnc4c3c(=O)n(C)c(=O)n4C)C2=O)cc1. The van der Waals surface area contributed by atoms with E-state index >= 15 is 0 Å². The van der Waals surface area contributed by atoms with Gasteiger partial charge in [0.05, 0.1) is 11.2 Å². The van der Waals surface area contributed by atoms with Crippen molar-refractivity contribution < 1.29 is 14.4 Å². The third kappa shape index (κ3) is 4.31. The van der Waals surface area contributed by atoms with Gasteiger partial charge < -0.3 is 9.88 Å². The summed E-state index contributed by atoms with van der Waals surface area (Å²) < 4.78 is 3.54. The highest BCUT2D eigenvalue weighted by molar-refractivity contribution is 8.18. The summed E-state index contributed by atoms with van der Waals surface area (Å²) in [5.41, 5.74) is 1.16. The molecule has 4 rings (SSSR count). The molecule has 0 saturated carbocycles. The lowest BCUT2D eigenvalue weighted by molar-refractivity contribution is -0.124. The van der Waals surface area contributed by atoms with Gasteiger partial charge in [0.2, 0.25) is 5.91 Å². The molecular formula is C22H22N6O5S. The molecule has 0 spiro atoms. The molecular weight excluding hydrogens is 460 g/mol. The zero-order valence-electron chi connectivity index (χ0n) is 18.8. The first-order chi connectivity index (χ1) is 16.2. The van der Waals surface area contributed by atoms with Crippen LogP contribution in [-0.2, 0) is 30.2 Å². The standard InChI is InChI=1S/C22H22N6O5S/c1-13-4-6-14(7-5-13)10-15-19(30)28(22(33)34-15)9-8-23-16(29)11-27-12-24-18-17(27)20(31)26(3)21(32)25(18)2/h4-7,10,12H,8-9,11H2,1-3H3,(H,23,29). The van der Waals surface area contributed by atoms with Gasteiger partial charge in [0.15, 0.2) is 11.2 Å². The van der Waals surface area contributed by atoms with Crippen molar-refractivity contribution in [2.24, 2.45) is 14.1 Å². The number of hydrogen-bond acceptors (Lipinski definition) is 7. The minimum atomic E-state index is -0.554. The summed E-state index contributed by atoms with van der Waals surface area (Å²) in [6.07, 6.45) is 2.98. The van der Waals surface area contributed by atoms with Gasteiger partial charge in [0, 0.05) is 27.2 Å². The molecule has 1 saturated heterocycles. The van der Waals surface area contributed by atoms with Gasteiger partial charge in [-0.25, -0.2) is 9.78 Å². The first-order valence-electron chi connectivity index (χ1n) is 10.4. The van der Waals surface area contributed by atoms with Crippen molar-refractivity contribution >= 4 is 46.1 Å². The summed E-state index contributed by atoms with van der Waals surface area (Å²) in [6.45, 7) is 1.82. The van der Waals surface area contributed by atoms with E-state index < -0.39 is 28.3 Å². The predicted molar refractivity (Wildman–Crippen MR) is 127 cm³/mol. The fraction of sp³-hybridized carbons (Fsp3) is 0.273. The lowest BCUT2D eigenvalue weighted by Crippen LogP contribution is -2.39. The van der Waals surface area contributed by atoms with Crippen molar-refractivity contribution in [2.45, 2.75) is 13.5 Å². The number of thioether (sulfide) groups is 1. The van der Waals surface area contributed by atoms with E-state index in [2.05, 4.69) is 10.3 Å². The Morgan fingerprint density at radius 1 is 1.09 bits per heavy atom. The Labute approximate surface area is 197 Å². The van der Waals surface area contributed by atoms with Crippen LogP contribution >= 0.6 is 11.8 Å². The van der Waals surface area contributed by atoms with Crippen LogP contribution in [0.15, 0.2) is 45.1 Å². The van der Waals surface area contributed by atoms with Crippen LogP contribution in [0.5, 0.6) is 0 Å². The monoisotopic (exact) mass is 482 g/mol. The predicted octanol–water partition coefficient (Wildman–Crippen LogP) is 0.595. The normalized spacial score (nSPS) is 15.0. The molecule has 0 bridgehead atoms. The number of fused-ring (bicyclic) bond motifs is 1. The van der Waals surface area contributed by atoms with Gasteiger partial charge in [0.25, 0.3) is 16.7 Å². The molecule has 1 aliphatic rings. The van der Waals surface area contributed by atoms with Gasteiger partial charge in [0.1, 0.15) is 6.54 Å². The third-order valence-electron chi connectivity index (χ3n) is 5.44. The van der Waals surface area contributed by atoms with Gasteiger partial charge in [-0.3, -0.25) is 33.2 Å². The summed E-state index contributed by atoms with van der Waals surface area (Å²) in [5, 5.41) is 2.24. The van der Waals surface area contributed by atoms with Crippen molar-refractivity contribution in [3.63, 3.8) is 0 Å². The molecule has 2 aromatic heterocycles. The second kappa shape index (κ2) is 9.14. The molecule has 0 atom stereocenters. The fourth-order valence-corrected chi connectivity index (χ4v) is 4.41. The van der Waals surface area contributed by atoms with E-state index in [1.54, 1.807) is 6.08 Å². The Kier molecular flexibility index (Phi) is 6.24. The Bertz CT molecular complexity index is 1460.